The predicted molar refractivity (Wildman–Crippen MR) is 47.7 cm³/mol. The van der Waals surface area contributed by atoms with Crippen LogP contribution in [0.1, 0.15) is 19.8 Å². The highest BCUT2D eigenvalue weighted by Crippen LogP contribution is 2.19. The Morgan fingerprint density at radius 2 is 2.46 bits per heavy atom. The Morgan fingerprint density at radius 1 is 1.85 bits per heavy atom. The van der Waals surface area contributed by atoms with Crippen LogP contribution in [0, 0.1) is 0 Å². The smallest absolute Gasteiger partial charge is 0.305 e. The van der Waals surface area contributed by atoms with E-state index in [2.05, 4.69) is 0 Å². The Morgan fingerprint density at radius 3 is 2.85 bits per heavy atom. The molecule has 1 saturated heterocycles. The van der Waals surface area contributed by atoms with Crippen LogP contribution in [0.3, 0.4) is 0 Å². The second kappa shape index (κ2) is 3.96. The van der Waals surface area contributed by atoms with Crippen molar-refractivity contribution in [3.05, 3.63) is 0 Å². The highest BCUT2D eigenvalue weighted by molar-refractivity contribution is 6.22. The molecular formula is C8H12ClNO3. The van der Waals surface area contributed by atoms with Crippen molar-refractivity contribution in [2.75, 3.05) is 6.54 Å². The third kappa shape index (κ3) is 2.59. The molecule has 1 fully saturated rings. The molecule has 1 unspecified atom stereocenters. The van der Waals surface area contributed by atoms with Gasteiger partial charge in [-0.1, -0.05) is 0 Å². The molecule has 1 amide bonds. The quantitative estimate of drug-likeness (QED) is 0.690. The van der Waals surface area contributed by atoms with E-state index in [0.29, 0.717) is 13.0 Å². The first-order valence-corrected chi connectivity index (χ1v) is 4.59. The first-order valence-electron chi connectivity index (χ1n) is 4.16. The molecule has 0 bridgehead atoms. The number of hydrogen-bond acceptors (Lipinski definition) is 2. The molecule has 1 rings (SSSR count). The molecule has 0 aliphatic carbocycles. The van der Waals surface area contributed by atoms with Crippen LogP contribution >= 0.6 is 11.6 Å². The fourth-order valence-corrected chi connectivity index (χ4v) is 1.76. The van der Waals surface area contributed by atoms with Gasteiger partial charge in [0.25, 0.3) is 0 Å². The Bertz CT molecular complexity index is 231. The van der Waals surface area contributed by atoms with Crippen LogP contribution in [0.25, 0.3) is 0 Å². The molecule has 0 radical (unpaired) electrons. The molecule has 1 heterocycles. The fraction of sp³-hybridized carbons (Fsp3) is 0.750. The number of carbonyl (C=O) groups is 2. The van der Waals surface area contributed by atoms with Gasteiger partial charge >= 0.3 is 5.97 Å². The monoisotopic (exact) mass is 205 g/mol. The topological polar surface area (TPSA) is 57.6 Å². The summed E-state index contributed by atoms with van der Waals surface area (Å²) in [4.78, 5) is 23.2. The van der Waals surface area contributed by atoms with Crippen LogP contribution in [0.4, 0.5) is 0 Å². The van der Waals surface area contributed by atoms with Crippen molar-refractivity contribution in [3.8, 4) is 0 Å². The molecule has 13 heavy (non-hydrogen) atoms. The van der Waals surface area contributed by atoms with Gasteiger partial charge in [-0.2, -0.15) is 0 Å². The molecule has 2 atom stereocenters. The molecule has 1 aliphatic heterocycles. The summed E-state index contributed by atoms with van der Waals surface area (Å²) < 4.78 is 0. The number of carbonyl (C=O) groups excluding carboxylic acids is 1. The predicted octanol–water partition coefficient (Wildman–Crippen LogP) is 0.689. The minimum Gasteiger partial charge on any atom is -0.481 e. The van der Waals surface area contributed by atoms with Crippen molar-refractivity contribution in [2.45, 2.75) is 31.2 Å². The lowest BCUT2D eigenvalue weighted by atomic mass is 10.2. The van der Waals surface area contributed by atoms with Crippen LogP contribution in [0.2, 0.25) is 0 Å². The van der Waals surface area contributed by atoms with Crippen molar-refractivity contribution < 1.29 is 14.7 Å². The van der Waals surface area contributed by atoms with E-state index in [-0.39, 0.29) is 23.7 Å². The Kier molecular flexibility index (Phi) is 3.14. The van der Waals surface area contributed by atoms with E-state index < -0.39 is 5.97 Å². The average molecular weight is 206 g/mol. The molecule has 5 heteroatoms. The number of carboxylic acid groups (broad SMARTS) is 1. The summed E-state index contributed by atoms with van der Waals surface area (Å²) >= 11 is 5.77. The third-order valence-electron chi connectivity index (χ3n) is 2.11. The van der Waals surface area contributed by atoms with Crippen LogP contribution in [-0.4, -0.2) is 39.8 Å². The SMILES string of the molecule is C[C@H](CC(=O)O)N1CC(Cl)CC1=O. The van der Waals surface area contributed by atoms with Crippen LogP contribution < -0.4 is 0 Å². The van der Waals surface area contributed by atoms with Gasteiger partial charge in [-0.05, 0) is 6.92 Å². The molecule has 0 aromatic rings. The zero-order valence-electron chi connectivity index (χ0n) is 7.36. The Labute approximate surface area is 81.5 Å². The number of amides is 1. The van der Waals surface area contributed by atoms with E-state index in [1.807, 2.05) is 0 Å². The lowest BCUT2D eigenvalue weighted by Gasteiger charge is -2.22. The maximum atomic E-state index is 11.3. The first kappa shape index (κ1) is 10.3. The van der Waals surface area contributed by atoms with E-state index in [9.17, 15) is 9.59 Å². The largest absolute Gasteiger partial charge is 0.481 e. The first-order chi connectivity index (χ1) is 6.00. The number of rotatable bonds is 3. The zero-order chi connectivity index (χ0) is 10.0. The summed E-state index contributed by atoms with van der Waals surface area (Å²) in [5.41, 5.74) is 0. The number of halogens is 1. The Hall–Kier alpha value is -0.770. The summed E-state index contributed by atoms with van der Waals surface area (Å²) in [6.07, 6.45) is 0.306. The van der Waals surface area contributed by atoms with E-state index in [1.165, 1.54) is 4.90 Å². The van der Waals surface area contributed by atoms with Gasteiger partial charge in [0.2, 0.25) is 5.91 Å². The van der Waals surface area contributed by atoms with Gasteiger partial charge in [0.15, 0.2) is 0 Å². The number of carboxylic acids is 1. The second-order valence-electron chi connectivity index (χ2n) is 3.29. The van der Waals surface area contributed by atoms with Crippen molar-refractivity contribution in [1.29, 1.82) is 0 Å². The third-order valence-corrected chi connectivity index (χ3v) is 2.41. The molecule has 0 spiro atoms. The van der Waals surface area contributed by atoms with Gasteiger partial charge in [0.05, 0.1) is 11.8 Å². The van der Waals surface area contributed by atoms with Gasteiger partial charge in [-0.15, -0.1) is 11.6 Å². The summed E-state index contributed by atoms with van der Waals surface area (Å²) in [5, 5.41) is 8.36. The molecule has 0 aromatic carbocycles. The van der Waals surface area contributed by atoms with E-state index in [4.69, 9.17) is 16.7 Å². The summed E-state index contributed by atoms with van der Waals surface area (Å²) in [6, 6.07) is -0.256. The maximum absolute atomic E-state index is 11.3. The van der Waals surface area contributed by atoms with Gasteiger partial charge in [-0.3, -0.25) is 9.59 Å². The summed E-state index contributed by atoms with van der Waals surface area (Å²) in [5.74, 6) is -0.938. The van der Waals surface area contributed by atoms with Crippen molar-refractivity contribution in [3.63, 3.8) is 0 Å². The van der Waals surface area contributed by atoms with Crippen LogP contribution in [0.5, 0.6) is 0 Å². The highest BCUT2D eigenvalue weighted by atomic mass is 35.5. The summed E-state index contributed by atoms with van der Waals surface area (Å²) in [7, 11) is 0. The van der Waals surface area contributed by atoms with Crippen LogP contribution in [-0.2, 0) is 9.59 Å². The number of likely N-dealkylation sites (tertiary alicyclic amines) is 1. The Balaban J connectivity index is 2.51. The van der Waals surface area contributed by atoms with Gasteiger partial charge in [-0.25, -0.2) is 0 Å². The molecule has 4 nitrogen and oxygen atoms in total. The number of aliphatic carboxylic acids is 1. The van der Waals surface area contributed by atoms with Gasteiger partial charge in [0, 0.05) is 19.0 Å². The van der Waals surface area contributed by atoms with Crippen molar-refractivity contribution in [1.82, 2.24) is 4.90 Å². The van der Waals surface area contributed by atoms with Gasteiger partial charge in [0.1, 0.15) is 0 Å². The van der Waals surface area contributed by atoms with Crippen molar-refractivity contribution in [2.24, 2.45) is 0 Å². The second-order valence-corrected chi connectivity index (χ2v) is 3.91. The minimum atomic E-state index is -0.890. The lowest BCUT2D eigenvalue weighted by Crippen LogP contribution is -2.36. The minimum absolute atomic E-state index is 0.0185. The van der Waals surface area contributed by atoms with Crippen molar-refractivity contribution >= 4 is 23.5 Å². The average Bonchev–Trinajstić information content (AvgIpc) is 2.28. The highest BCUT2D eigenvalue weighted by Gasteiger charge is 2.31. The van der Waals surface area contributed by atoms with Crippen LogP contribution in [0.15, 0.2) is 0 Å². The zero-order valence-corrected chi connectivity index (χ0v) is 8.12. The normalized spacial score (nSPS) is 24.9. The molecule has 0 saturated carbocycles. The molecule has 74 valence electrons. The fourth-order valence-electron chi connectivity index (χ4n) is 1.48. The summed E-state index contributed by atoms with van der Waals surface area (Å²) in [6.45, 7) is 2.19. The van der Waals surface area contributed by atoms with Gasteiger partial charge < -0.3 is 10.0 Å². The van der Waals surface area contributed by atoms with E-state index in [0.717, 1.165) is 0 Å². The van der Waals surface area contributed by atoms with E-state index >= 15 is 0 Å². The molecular weight excluding hydrogens is 194 g/mol. The number of hydrogen-bond donors (Lipinski definition) is 1. The lowest BCUT2D eigenvalue weighted by molar-refractivity contribution is -0.139. The number of alkyl halides is 1. The standard InChI is InChI=1S/C8H12ClNO3/c1-5(2-8(12)13)10-4-6(9)3-7(10)11/h5-6H,2-4H2,1H3,(H,12,13)/t5-,6?/m1/s1. The van der Waals surface area contributed by atoms with E-state index in [1.54, 1.807) is 6.92 Å². The molecule has 1 N–H and O–H groups in total. The number of nitrogens with zero attached hydrogens (tertiary/aromatic N) is 1. The molecule has 0 aromatic heterocycles. The molecule has 1 aliphatic rings. The maximum Gasteiger partial charge on any atom is 0.305 e.